The summed E-state index contributed by atoms with van der Waals surface area (Å²) in [5.74, 6) is 0.404. The van der Waals surface area contributed by atoms with Crippen molar-refractivity contribution >= 4 is 21.6 Å². The Kier molecular flexibility index (Phi) is 3.87. The predicted molar refractivity (Wildman–Crippen MR) is 74.0 cm³/mol. The quantitative estimate of drug-likeness (QED) is 0.868. The van der Waals surface area contributed by atoms with E-state index in [9.17, 15) is 4.39 Å². The maximum absolute atomic E-state index is 13.1. The van der Waals surface area contributed by atoms with Crippen molar-refractivity contribution in [3.8, 4) is 5.75 Å². The molecule has 2 N–H and O–H groups in total. The summed E-state index contributed by atoms with van der Waals surface area (Å²) in [4.78, 5) is 0. The molecule has 0 aliphatic carbocycles. The molecular formula is C14H13BrFNO. The van der Waals surface area contributed by atoms with E-state index >= 15 is 0 Å². The van der Waals surface area contributed by atoms with Crippen LogP contribution in [0.1, 0.15) is 11.1 Å². The molecule has 0 aliphatic heterocycles. The minimum absolute atomic E-state index is 0.231. The minimum atomic E-state index is -0.231. The lowest BCUT2D eigenvalue weighted by molar-refractivity contribution is 0.306. The van der Waals surface area contributed by atoms with Gasteiger partial charge in [0.1, 0.15) is 18.2 Å². The molecule has 94 valence electrons. The number of halogens is 2. The highest BCUT2D eigenvalue weighted by atomic mass is 79.9. The normalized spacial score (nSPS) is 10.4. The Hall–Kier alpha value is -1.55. The molecular weight excluding hydrogens is 297 g/mol. The highest BCUT2D eigenvalue weighted by molar-refractivity contribution is 9.10. The average molecular weight is 310 g/mol. The van der Waals surface area contributed by atoms with Gasteiger partial charge in [0.25, 0.3) is 0 Å². The molecule has 18 heavy (non-hydrogen) atoms. The number of hydrogen-bond acceptors (Lipinski definition) is 2. The van der Waals surface area contributed by atoms with E-state index < -0.39 is 0 Å². The largest absolute Gasteiger partial charge is 0.489 e. The van der Waals surface area contributed by atoms with Crippen molar-refractivity contribution in [2.24, 2.45) is 0 Å². The summed E-state index contributed by atoms with van der Waals surface area (Å²) in [5, 5.41) is 0. The van der Waals surface area contributed by atoms with E-state index in [-0.39, 0.29) is 5.82 Å². The summed E-state index contributed by atoms with van der Waals surface area (Å²) in [5.41, 5.74) is 8.01. The molecule has 0 aliphatic rings. The second kappa shape index (κ2) is 5.40. The fraction of sp³-hybridized carbons (Fsp3) is 0.143. The number of anilines is 1. The van der Waals surface area contributed by atoms with Gasteiger partial charge in [0.15, 0.2) is 0 Å². The highest BCUT2D eigenvalue weighted by Gasteiger charge is 2.03. The number of nitrogen functional groups attached to an aromatic ring is 1. The zero-order valence-electron chi connectivity index (χ0n) is 9.91. The van der Waals surface area contributed by atoms with Crippen LogP contribution in [0, 0.1) is 12.7 Å². The molecule has 0 bridgehead atoms. The van der Waals surface area contributed by atoms with Crippen LogP contribution in [0.15, 0.2) is 40.9 Å². The van der Waals surface area contributed by atoms with Gasteiger partial charge in [-0.2, -0.15) is 0 Å². The lowest BCUT2D eigenvalue weighted by Gasteiger charge is -2.09. The molecule has 0 spiro atoms. The van der Waals surface area contributed by atoms with Crippen LogP contribution in [0.3, 0.4) is 0 Å². The number of aryl methyl sites for hydroxylation is 1. The van der Waals surface area contributed by atoms with Crippen molar-refractivity contribution in [1.29, 1.82) is 0 Å². The Bertz CT molecular complexity index is 572. The number of nitrogens with two attached hydrogens (primary N) is 1. The Morgan fingerprint density at radius 3 is 2.67 bits per heavy atom. The average Bonchev–Trinajstić information content (AvgIpc) is 2.32. The van der Waals surface area contributed by atoms with Gasteiger partial charge < -0.3 is 10.5 Å². The van der Waals surface area contributed by atoms with Crippen LogP contribution in [0.4, 0.5) is 10.1 Å². The monoisotopic (exact) mass is 309 g/mol. The first-order valence-corrected chi connectivity index (χ1v) is 6.28. The van der Waals surface area contributed by atoms with Gasteiger partial charge in [-0.05, 0) is 42.8 Å². The first-order chi connectivity index (χ1) is 8.56. The molecule has 0 unspecified atom stereocenters. The molecule has 0 heterocycles. The number of ether oxygens (including phenoxy) is 1. The molecule has 2 rings (SSSR count). The third-order valence-electron chi connectivity index (χ3n) is 2.63. The first-order valence-electron chi connectivity index (χ1n) is 5.49. The van der Waals surface area contributed by atoms with E-state index in [0.29, 0.717) is 23.6 Å². The molecule has 0 amide bonds. The summed E-state index contributed by atoms with van der Waals surface area (Å²) in [6.45, 7) is 2.07. The van der Waals surface area contributed by atoms with Gasteiger partial charge in [0, 0.05) is 15.7 Å². The van der Waals surface area contributed by atoms with Crippen molar-refractivity contribution < 1.29 is 9.13 Å². The molecule has 0 saturated heterocycles. The van der Waals surface area contributed by atoms with Crippen molar-refractivity contribution in [2.75, 3.05) is 5.73 Å². The molecule has 2 aromatic carbocycles. The SMILES string of the molecule is Cc1cc(OCc2ccc(Br)cc2N)ccc1F. The van der Waals surface area contributed by atoms with Crippen molar-refractivity contribution in [1.82, 2.24) is 0 Å². The van der Waals surface area contributed by atoms with Gasteiger partial charge in [-0.15, -0.1) is 0 Å². The second-order valence-electron chi connectivity index (χ2n) is 4.04. The summed E-state index contributed by atoms with van der Waals surface area (Å²) in [7, 11) is 0. The van der Waals surface area contributed by atoms with Gasteiger partial charge in [0.2, 0.25) is 0 Å². The molecule has 2 aromatic rings. The smallest absolute Gasteiger partial charge is 0.126 e. The molecule has 0 atom stereocenters. The fourth-order valence-electron chi connectivity index (χ4n) is 1.57. The third kappa shape index (κ3) is 3.01. The third-order valence-corrected chi connectivity index (χ3v) is 3.12. The van der Waals surface area contributed by atoms with E-state index in [1.54, 1.807) is 19.1 Å². The van der Waals surface area contributed by atoms with Crippen molar-refractivity contribution in [2.45, 2.75) is 13.5 Å². The van der Waals surface area contributed by atoms with E-state index in [1.165, 1.54) is 6.07 Å². The van der Waals surface area contributed by atoms with Gasteiger partial charge in [-0.1, -0.05) is 22.0 Å². The lowest BCUT2D eigenvalue weighted by atomic mass is 10.2. The molecule has 0 radical (unpaired) electrons. The van der Waals surface area contributed by atoms with Crippen LogP contribution in [0.5, 0.6) is 5.75 Å². The summed E-state index contributed by atoms with van der Waals surface area (Å²) in [6.07, 6.45) is 0. The lowest BCUT2D eigenvalue weighted by Crippen LogP contribution is -2.00. The number of hydrogen-bond donors (Lipinski definition) is 1. The van der Waals surface area contributed by atoms with Gasteiger partial charge in [-0.3, -0.25) is 0 Å². The maximum Gasteiger partial charge on any atom is 0.126 e. The van der Waals surface area contributed by atoms with E-state index in [1.807, 2.05) is 18.2 Å². The summed E-state index contributed by atoms with van der Waals surface area (Å²) < 4.78 is 19.6. The van der Waals surface area contributed by atoms with Crippen LogP contribution in [0.25, 0.3) is 0 Å². The fourth-order valence-corrected chi connectivity index (χ4v) is 1.94. The van der Waals surface area contributed by atoms with Crippen LogP contribution >= 0.6 is 15.9 Å². The Morgan fingerprint density at radius 1 is 1.22 bits per heavy atom. The van der Waals surface area contributed by atoms with Crippen LogP contribution in [0.2, 0.25) is 0 Å². The highest BCUT2D eigenvalue weighted by Crippen LogP contribution is 2.21. The van der Waals surface area contributed by atoms with Crippen LogP contribution < -0.4 is 10.5 Å². The molecule has 2 nitrogen and oxygen atoms in total. The maximum atomic E-state index is 13.1. The number of benzene rings is 2. The van der Waals surface area contributed by atoms with E-state index in [0.717, 1.165) is 10.0 Å². The van der Waals surface area contributed by atoms with E-state index in [2.05, 4.69) is 15.9 Å². The Morgan fingerprint density at radius 2 is 2.00 bits per heavy atom. The van der Waals surface area contributed by atoms with Crippen LogP contribution in [-0.2, 0) is 6.61 Å². The van der Waals surface area contributed by atoms with Gasteiger partial charge in [0.05, 0.1) is 0 Å². The number of rotatable bonds is 3. The van der Waals surface area contributed by atoms with Crippen molar-refractivity contribution in [3.05, 3.63) is 57.8 Å². The topological polar surface area (TPSA) is 35.2 Å². The predicted octanol–water partition coefficient (Wildman–Crippen LogP) is 4.06. The van der Waals surface area contributed by atoms with E-state index in [4.69, 9.17) is 10.5 Å². The summed E-state index contributed by atoms with van der Waals surface area (Å²) in [6, 6.07) is 10.3. The zero-order chi connectivity index (χ0) is 13.1. The first kappa shape index (κ1) is 12.9. The summed E-state index contributed by atoms with van der Waals surface area (Å²) >= 11 is 3.35. The second-order valence-corrected chi connectivity index (χ2v) is 4.96. The Balaban J connectivity index is 2.09. The minimum Gasteiger partial charge on any atom is -0.489 e. The molecule has 0 fully saturated rings. The zero-order valence-corrected chi connectivity index (χ0v) is 11.5. The van der Waals surface area contributed by atoms with Gasteiger partial charge in [-0.25, -0.2) is 4.39 Å². The molecule has 0 saturated carbocycles. The van der Waals surface area contributed by atoms with Gasteiger partial charge >= 0.3 is 0 Å². The molecule has 4 heteroatoms. The van der Waals surface area contributed by atoms with Crippen molar-refractivity contribution in [3.63, 3.8) is 0 Å². The molecule has 0 aromatic heterocycles. The van der Waals surface area contributed by atoms with Crippen LogP contribution in [-0.4, -0.2) is 0 Å². The standard InChI is InChI=1S/C14H13BrFNO/c1-9-6-12(4-5-13(9)16)18-8-10-2-3-11(15)7-14(10)17/h2-7H,8,17H2,1H3. The Labute approximate surface area is 114 Å².